The molecule has 0 radical (unpaired) electrons. The zero-order chi connectivity index (χ0) is 15.9. The van der Waals surface area contributed by atoms with Gasteiger partial charge in [-0.25, -0.2) is 4.98 Å². The predicted octanol–water partition coefficient (Wildman–Crippen LogP) is 1.91. The summed E-state index contributed by atoms with van der Waals surface area (Å²) >= 11 is 0. The van der Waals surface area contributed by atoms with Crippen LogP contribution in [0.2, 0.25) is 0 Å². The summed E-state index contributed by atoms with van der Waals surface area (Å²) in [7, 11) is 1.78. The second kappa shape index (κ2) is 5.27. The predicted molar refractivity (Wildman–Crippen MR) is 82.6 cm³/mol. The molecule has 0 saturated carbocycles. The van der Waals surface area contributed by atoms with Gasteiger partial charge in [0, 0.05) is 18.9 Å². The van der Waals surface area contributed by atoms with Gasteiger partial charge in [0.25, 0.3) is 5.91 Å². The summed E-state index contributed by atoms with van der Waals surface area (Å²) in [6.45, 7) is 3.44. The van der Waals surface area contributed by atoms with Crippen LogP contribution in [0.3, 0.4) is 0 Å². The van der Waals surface area contributed by atoms with Crippen LogP contribution in [0.1, 0.15) is 34.9 Å². The summed E-state index contributed by atoms with van der Waals surface area (Å²) in [5.74, 6) is 0.293. The third kappa shape index (κ3) is 2.58. The number of hydrogen-bond acceptors (Lipinski definition) is 4. The number of H-pyrrole nitrogens is 1. The summed E-state index contributed by atoms with van der Waals surface area (Å²) in [5, 5.41) is 16.5. The summed E-state index contributed by atoms with van der Waals surface area (Å²) in [5.41, 5.74) is 3.38. The van der Waals surface area contributed by atoms with E-state index in [-0.39, 0.29) is 5.91 Å². The Morgan fingerprint density at radius 2 is 2.23 bits per heavy atom. The number of aromatic nitrogens is 4. The van der Waals surface area contributed by atoms with Crippen molar-refractivity contribution in [3.8, 4) is 0 Å². The number of benzene rings is 1. The first-order valence-corrected chi connectivity index (χ1v) is 6.93. The van der Waals surface area contributed by atoms with Crippen LogP contribution in [0.25, 0.3) is 11.0 Å². The van der Waals surface area contributed by atoms with Crippen LogP contribution < -0.4 is 5.32 Å². The Morgan fingerprint density at radius 3 is 2.86 bits per heavy atom. The minimum atomic E-state index is -0.663. The van der Waals surface area contributed by atoms with Crippen molar-refractivity contribution in [1.29, 1.82) is 0 Å². The van der Waals surface area contributed by atoms with E-state index in [1.54, 1.807) is 50.0 Å². The van der Waals surface area contributed by atoms with Crippen LogP contribution >= 0.6 is 0 Å². The molecule has 1 amide bonds. The van der Waals surface area contributed by atoms with Crippen molar-refractivity contribution in [3.63, 3.8) is 0 Å². The Labute approximate surface area is 127 Å². The quantitative estimate of drug-likeness (QED) is 0.688. The number of aromatic amines is 1. The van der Waals surface area contributed by atoms with E-state index < -0.39 is 6.10 Å². The molecule has 0 aliphatic carbocycles. The monoisotopic (exact) mass is 299 g/mol. The van der Waals surface area contributed by atoms with Crippen LogP contribution in [0.5, 0.6) is 0 Å². The lowest BCUT2D eigenvalue weighted by Crippen LogP contribution is -2.12. The number of carbonyl (C=O) groups excluding carboxylic acids is 1. The van der Waals surface area contributed by atoms with Crippen molar-refractivity contribution in [2.75, 3.05) is 5.32 Å². The molecule has 7 heteroatoms. The van der Waals surface area contributed by atoms with Gasteiger partial charge in [-0.2, -0.15) is 5.10 Å². The van der Waals surface area contributed by atoms with Crippen LogP contribution in [-0.4, -0.2) is 30.8 Å². The summed E-state index contributed by atoms with van der Waals surface area (Å²) in [6, 6.07) is 5.36. The van der Waals surface area contributed by atoms with Crippen molar-refractivity contribution in [3.05, 3.63) is 41.5 Å². The SMILES string of the molecule is Cc1nn(C)cc1C(=O)Nc1ccc2nc(C(C)O)[nH]c2c1. The number of amides is 1. The van der Waals surface area contributed by atoms with E-state index in [1.807, 2.05) is 0 Å². The van der Waals surface area contributed by atoms with Gasteiger partial charge in [0.05, 0.1) is 22.3 Å². The number of hydrogen-bond donors (Lipinski definition) is 3. The Kier molecular flexibility index (Phi) is 3.42. The van der Waals surface area contributed by atoms with E-state index in [0.29, 0.717) is 22.8 Å². The molecule has 7 nitrogen and oxygen atoms in total. The van der Waals surface area contributed by atoms with E-state index >= 15 is 0 Å². The van der Waals surface area contributed by atoms with E-state index in [1.165, 1.54) is 0 Å². The zero-order valence-electron chi connectivity index (χ0n) is 12.6. The molecule has 0 spiro atoms. The lowest BCUT2D eigenvalue weighted by Gasteiger charge is -2.04. The topological polar surface area (TPSA) is 95.8 Å². The molecule has 2 aromatic heterocycles. The summed E-state index contributed by atoms with van der Waals surface area (Å²) in [6.07, 6.45) is 1.02. The maximum atomic E-state index is 12.3. The summed E-state index contributed by atoms with van der Waals surface area (Å²) in [4.78, 5) is 19.6. The first-order valence-electron chi connectivity index (χ1n) is 6.93. The fraction of sp³-hybridized carbons (Fsp3) is 0.267. The molecule has 3 rings (SSSR count). The van der Waals surface area contributed by atoms with Crippen LogP contribution in [0, 0.1) is 6.92 Å². The first kappa shape index (κ1) is 14.3. The van der Waals surface area contributed by atoms with Crippen molar-refractivity contribution < 1.29 is 9.90 Å². The molecule has 22 heavy (non-hydrogen) atoms. The standard InChI is InChI=1S/C15H17N5O2/c1-8-11(7-20(3)19-8)15(22)16-10-4-5-12-13(6-10)18-14(17-12)9(2)21/h4-7,9,21H,1-3H3,(H,16,22)(H,17,18). The van der Waals surface area contributed by atoms with E-state index in [9.17, 15) is 9.90 Å². The fourth-order valence-corrected chi connectivity index (χ4v) is 2.33. The number of carbonyl (C=O) groups is 1. The number of aryl methyl sites for hydroxylation is 2. The molecule has 1 aromatic carbocycles. The van der Waals surface area contributed by atoms with E-state index in [2.05, 4.69) is 20.4 Å². The normalized spacial score (nSPS) is 12.5. The highest BCUT2D eigenvalue weighted by molar-refractivity contribution is 6.05. The maximum absolute atomic E-state index is 12.3. The molecule has 0 fully saturated rings. The number of nitrogens with one attached hydrogen (secondary N) is 2. The Balaban J connectivity index is 1.87. The minimum Gasteiger partial charge on any atom is -0.385 e. The number of aliphatic hydroxyl groups excluding tert-OH is 1. The van der Waals surface area contributed by atoms with Crippen molar-refractivity contribution >= 4 is 22.6 Å². The van der Waals surface area contributed by atoms with Gasteiger partial charge in [0.15, 0.2) is 0 Å². The van der Waals surface area contributed by atoms with Crippen LogP contribution in [0.4, 0.5) is 5.69 Å². The number of anilines is 1. The Hall–Kier alpha value is -2.67. The lowest BCUT2D eigenvalue weighted by atomic mass is 10.2. The molecule has 2 heterocycles. The number of aliphatic hydroxyl groups is 1. The van der Waals surface area contributed by atoms with Gasteiger partial charge in [0.2, 0.25) is 0 Å². The van der Waals surface area contributed by atoms with Gasteiger partial charge < -0.3 is 15.4 Å². The molecule has 114 valence electrons. The molecule has 0 aliphatic heterocycles. The molecule has 3 aromatic rings. The summed E-state index contributed by atoms with van der Waals surface area (Å²) < 4.78 is 1.61. The maximum Gasteiger partial charge on any atom is 0.259 e. The number of imidazole rings is 1. The second-order valence-electron chi connectivity index (χ2n) is 5.29. The molecule has 1 unspecified atom stereocenters. The van der Waals surface area contributed by atoms with Crippen molar-refractivity contribution in [2.45, 2.75) is 20.0 Å². The van der Waals surface area contributed by atoms with Gasteiger partial charge in [-0.15, -0.1) is 0 Å². The van der Waals surface area contributed by atoms with Gasteiger partial charge in [-0.1, -0.05) is 0 Å². The van der Waals surface area contributed by atoms with Gasteiger partial charge in [-0.3, -0.25) is 9.48 Å². The van der Waals surface area contributed by atoms with Gasteiger partial charge >= 0.3 is 0 Å². The largest absolute Gasteiger partial charge is 0.385 e. The highest BCUT2D eigenvalue weighted by Gasteiger charge is 2.13. The number of rotatable bonds is 3. The molecular weight excluding hydrogens is 282 g/mol. The van der Waals surface area contributed by atoms with Gasteiger partial charge in [0.1, 0.15) is 11.9 Å². The van der Waals surface area contributed by atoms with E-state index in [4.69, 9.17) is 0 Å². The van der Waals surface area contributed by atoms with Crippen LogP contribution in [0.15, 0.2) is 24.4 Å². The molecule has 0 saturated heterocycles. The highest BCUT2D eigenvalue weighted by Crippen LogP contribution is 2.20. The third-order valence-electron chi connectivity index (χ3n) is 3.41. The average molecular weight is 299 g/mol. The molecule has 1 atom stereocenters. The van der Waals surface area contributed by atoms with Gasteiger partial charge in [-0.05, 0) is 32.0 Å². The number of nitrogens with zero attached hydrogens (tertiary/aromatic N) is 3. The Morgan fingerprint density at radius 1 is 1.45 bits per heavy atom. The second-order valence-corrected chi connectivity index (χ2v) is 5.29. The molecule has 3 N–H and O–H groups in total. The van der Waals surface area contributed by atoms with Crippen LogP contribution in [-0.2, 0) is 7.05 Å². The van der Waals surface area contributed by atoms with Crippen molar-refractivity contribution in [2.24, 2.45) is 7.05 Å². The lowest BCUT2D eigenvalue weighted by molar-refractivity contribution is 0.102. The average Bonchev–Trinajstić information content (AvgIpc) is 3.01. The minimum absolute atomic E-state index is 0.208. The fourth-order valence-electron chi connectivity index (χ4n) is 2.33. The number of fused-ring (bicyclic) bond motifs is 1. The first-order chi connectivity index (χ1) is 10.4. The van der Waals surface area contributed by atoms with E-state index in [0.717, 1.165) is 11.0 Å². The smallest absolute Gasteiger partial charge is 0.259 e. The molecule has 0 aliphatic rings. The highest BCUT2D eigenvalue weighted by atomic mass is 16.3. The van der Waals surface area contributed by atoms with Crippen molar-refractivity contribution in [1.82, 2.24) is 19.7 Å². The zero-order valence-corrected chi connectivity index (χ0v) is 12.6. The third-order valence-corrected chi connectivity index (χ3v) is 3.41. The molecular formula is C15H17N5O2. The molecule has 0 bridgehead atoms. The Bertz CT molecular complexity index is 847.